The summed E-state index contributed by atoms with van der Waals surface area (Å²) in [6.45, 7) is 7.07. The lowest BCUT2D eigenvalue weighted by Gasteiger charge is -2.11. The second-order valence-electron chi connectivity index (χ2n) is 4.37. The van der Waals surface area contributed by atoms with Gasteiger partial charge >= 0.3 is 0 Å². The van der Waals surface area contributed by atoms with Crippen LogP contribution in [0.3, 0.4) is 0 Å². The van der Waals surface area contributed by atoms with Crippen LogP contribution in [-0.2, 0) is 0 Å². The summed E-state index contributed by atoms with van der Waals surface area (Å²) < 4.78 is 5.81. The molecule has 0 amide bonds. The van der Waals surface area contributed by atoms with E-state index < -0.39 is 0 Å². The lowest BCUT2D eigenvalue weighted by Crippen LogP contribution is -2.85. The van der Waals surface area contributed by atoms with Crippen LogP contribution in [0.1, 0.15) is 24.0 Å². The standard InChI is InChI=1S/C14H23NO2/c1-12-6-5-7-13(2)14(12)17-11-4-3-8-15-9-10-16/h5-7,15-16H,3-4,8-11H2,1-2H3/p+1. The van der Waals surface area contributed by atoms with E-state index in [-0.39, 0.29) is 6.61 Å². The van der Waals surface area contributed by atoms with Gasteiger partial charge in [0, 0.05) is 0 Å². The van der Waals surface area contributed by atoms with Gasteiger partial charge in [-0.05, 0) is 37.8 Å². The Morgan fingerprint density at radius 1 is 1.12 bits per heavy atom. The molecule has 0 aliphatic heterocycles. The van der Waals surface area contributed by atoms with Gasteiger partial charge in [-0.25, -0.2) is 0 Å². The number of quaternary nitrogens is 1. The maximum Gasteiger partial charge on any atom is 0.125 e. The molecule has 0 heterocycles. The van der Waals surface area contributed by atoms with Crippen LogP contribution < -0.4 is 10.1 Å². The summed E-state index contributed by atoms with van der Waals surface area (Å²) in [4.78, 5) is 0. The normalized spacial score (nSPS) is 10.5. The highest BCUT2D eigenvalue weighted by Crippen LogP contribution is 2.22. The second kappa shape index (κ2) is 8.09. The van der Waals surface area contributed by atoms with Gasteiger partial charge in [-0.15, -0.1) is 0 Å². The van der Waals surface area contributed by atoms with Crippen molar-refractivity contribution < 1.29 is 15.2 Å². The first-order valence-corrected chi connectivity index (χ1v) is 6.37. The number of para-hydroxylation sites is 1. The summed E-state index contributed by atoms with van der Waals surface area (Å²) in [6.07, 6.45) is 2.20. The van der Waals surface area contributed by atoms with Crippen molar-refractivity contribution in [1.29, 1.82) is 0 Å². The third-order valence-corrected chi connectivity index (χ3v) is 2.79. The monoisotopic (exact) mass is 238 g/mol. The molecule has 0 aliphatic rings. The zero-order chi connectivity index (χ0) is 12.5. The van der Waals surface area contributed by atoms with E-state index in [1.165, 1.54) is 11.1 Å². The SMILES string of the molecule is Cc1cccc(C)c1OCCCC[NH2+]CCO. The van der Waals surface area contributed by atoms with Crippen molar-refractivity contribution in [1.82, 2.24) is 0 Å². The van der Waals surface area contributed by atoms with Crippen LogP contribution in [0.2, 0.25) is 0 Å². The first-order valence-electron chi connectivity index (χ1n) is 6.37. The molecule has 1 rings (SSSR count). The molecule has 1 aromatic rings. The second-order valence-corrected chi connectivity index (χ2v) is 4.37. The minimum Gasteiger partial charge on any atom is -0.493 e. The average Bonchev–Trinajstić information content (AvgIpc) is 2.31. The maximum atomic E-state index is 8.62. The van der Waals surface area contributed by atoms with Gasteiger partial charge in [-0.2, -0.15) is 0 Å². The molecule has 3 heteroatoms. The number of hydrogen-bond donors (Lipinski definition) is 2. The fourth-order valence-electron chi connectivity index (χ4n) is 1.83. The highest BCUT2D eigenvalue weighted by Gasteiger charge is 2.02. The molecule has 0 unspecified atom stereocenters. The molecule has 0 aromatic heterocycles. The Bertz CT molecular complexity index is 306. The minimum atomic E-state index is 0.263. The van der Waals surface area contributed by atoms with Gasteiger partial charge in [0.25, 0.3) is 0 Å². The largest absolute Gasteiger partial charge is 0.493 e. The minimum absolute atomic E-state index is 0.263. The lowest BCUT2D eigenvalue weighted by molar-refractivity contribution is -0.656. The zero-order valence-corrected chi connectivity index (χ0v) is 10.9. The Morgan fingerprint density at radius 3 is 2.47 bits per heavy atom. The Hall–Kier alpha value is -1.06. The molecule has 96 valence electrons. The molecule has 0 radical (unpaired) electrons. The van der Waals surface area contributed by atoms with Gasteiger partial charge in [0.05, 0.1) is 26.3 Å². The fourth-order valence-corrected chi connectivity index (χ4v) is 1.83. The fraction of sp³-hybridized carbons (Fsp3) is 0.571. The molecule has 3 nitrogen and oxygen atoms in total. The number of nitrogens with two attached hydrogens (primary N) is 1. The van der Waals surface area contributed by atoms with Crippen LogP contribution >= 0.6 is 0 Å². The van der Waals surface area contributed by atoms with Crippen LogP contribution in [0.4, 0.5) is 0 Å². The van der Waals surface area contributed by atoms with Crippen LogP contribution in [0.25, 0.3) is 0 Å². The number of aliphatic hydroxyl groups excluding tert-OH is 1. The Kier molecular flexibility index (Phi) is 6.67. The number of hydrogen-bond acceptors (Lipinski definition) is 2. The van der Waals surface area contributed by atoms with Gasteiger partial charge in [0.2, 0.25) is 0 Å². The van der Waals surface area contributed by atoms with Crippen molar-refractivity contribution in [2.24, 2.45) is 0 Å². The first kappa shape index (κ1) is 14.0. The predicted molar refractivity (Wildman–Crippen MR) is 69.4 cm³/mol. The molecule has 0 spiro atoms. The van der Waals surface area contributed by atoms with E-state index in [4.69, 9.17) is 9.84 Å². The summed E-state index contributed by atoms with van der Waals surface area (Å²) in [6, 6.07) is 6.22. The third kappa shape index (κ3) is 5.20. The van der Waals surface area contributed by atoms with Crippen molar-refractivity contribution in [3.05, 3.63) is 29.3 Å². The number of unbranched alkanes of at least 4 members (excludes halogenated alkanes) is 1. The molecule has 0 fully saturated rings. The zero-order valence-electron chi connectivity index (χ0n) is 10.9. The summed E-state index contributed by atoms with van der Waals surface area (Å²) in [7, 11) is 0. The molecule has 0 saturated carbocycles. The number of aliphatic hydroxyl groups is 1. The predicted octanol–water partition coefficient (Wildman–Crippen LogP) is 1.02. The Balaban J connectivity index is 2.18. The summed E-state index contributed by atoms with van der Waals surface area (Å²) >= 11 is 0. The average molecular weight is 238 g/mol. The van der Waals surface area contributed by atoms with E-state index in [1.807, 2.05) is 0 Å². The number of benzene rings is 1. The molecule has 0 saturated heterocycles. The van der Waals surface area contributed by atoms with Gasteiger partial charge < -0.3 is 15.2 Å². The van der Waals surface area contributed by atoms with E-state index in [1.54, 1.807) is 0 Å². The highest BCUT2D eigenvalue weighted by molar-refractivity contribution is 5.39. The summed E-state index contributed by atoms with van der Waals surface area (Å²) in [5.41, 5.74) is 2.41. The van der Waals surface area contributed by atoms with Crippen molar-refractivity contribution in [2.75, 3.05) is 26.3 Å². The van der Waals surface area contributed by atoms with Crippen molar-refractivity contribution in [3.63, 3.8) is 0 Å². The molecule has 3 N–H and O–H groups in total. The Morgan fingerprint density at radius 2 is 1.82 bits per heavy atom. The molecule has 17 heavy (non-hydrogen) atoms. The maximum absolute atomic E-state index is 8.62. The van der Waals surface area contributed by atoms with Crippen molar-refractivity contribution >= 4 is 0 Å². The molecule has 1 aromatic carbocycles. The summed E-state index contributed by atoms with van der Waals surface area (Å²) in [5.74, 6) is 1.03. The van der Waals surface area contributed by atoms with E-state index in [0.717, 1.165) is 38.3 Å². The third-order valence-electron chi connectivity index (χ3n) is 2.79. The van der Waals surface area contributed by atoms with E-state index in [0.29, 0.717) is 0 Å². The van der Waals surface area contributed by atoms with Crippen LogP contribution in [-0.4, -0.2) is 31.4 Å². The molecular formula is C14H24NO2+. The quantitative estimate of drug-likeness (QED) is 0.664. The van der Waals surface area contributed by atoms with Gasteiger partial charge in [0.1, 0.15) is 5.75 Å². The molecular weight excluding hydrogens is 214 g/mol. The number of ether oxygens (including phenoxy) is 1. The lowest BCUT2D eigenvalue weighted by atomic mass is 10.1. The van der Waals surface area contributed by atoms with Gasteiger partial charge in [0.15, 0.2) is 0 Å². The highest BCUT2D eigenvalue weighted by atomic mass is 16.5. The van der Waals surface area contributed by atoms with Crippen LogP contribution in [0.15, 0.2) is 18.2 Å². The van der Waals surface area contributed by atoms with E-state index >= 15 is 0 Å². The Labute approximate surface area is 104 Å². The number of rotatable bonds is 8. The topological polar surface area (TPSA) is 46.1 Å². The summed E-state index contributed by atoms with van der Waals surface area (Å²) in [5, 5.41) is 10.8. The first-order chi connectivity index (χ1) is 8.25. The van der Waals surface area contributed by atoms with Crippen molar-refractivity contribution in [3.8, 4) is 5.75 Å². The molecule has 0 bridgehead atoms. The smallest absolute Gasteiger partial charge is 0.125 e. The molecule has 0 atom stereocenters. The van der Waals surface area contributed by atoms with Gasteiger partial charge in [-0.1, -0.05) is 18.2 Å². The van der Waals surface area contributed by atoms with E-state index in [2.05, 4.69) is 37.4 Å². The molecule has 0 aliphatic carbocycles. The van der Waals surface area contributed by atoms with Gasteiger partial charge in [-0.3, -0.25) is 0 Å². The van der Waals surface area contributed by atoms with Crippen LogP contribution in [0, 0.1) is 13.8 Å². The number of aryl methyl sites for hydroxylation is 2. The van der Waals surface area contributed by atoms with E-state index in [9.17, 15) is 0 Å². The van der Waals surface area contributed by atoms with Crippen molar-refractivity contribution in [2.45, 2.75) is 26.7 Å². The van der Waals surface area contributed by atoms with Crippen LogP contribution in [0.5, 0.6) is 5.75 Å².